The van der Waals surface area contributed by atoms with E-state index in [-0.39, 0.29) is 5.41 Å². The molecule has 1 heterocycles. The topological polar surface area (TPSA) is 33.1 Å². The SMILES string of the molecule is CC(C)(C)c1cc(C2CC2)cc2c(O)ccnc12. The van der Waals surface area contributed by atoms with Crippen LogP contribution in [0.3, 0.4) is 0 Å². The van der Waals surface area contributed by atoms with Crippen molar-refractivity contribution in [3.8, 4) is 5.75 Å². The van der Waals surface area contributed by atoms with Crippen LogP contribution in [0.4, 0.5) is 0 Å². The van der Waals surface area contributed by atoms with Gasteiger partial charge in [-0.3, -0.25) is 4.98 Å². The van der Waals surface area contributed by atoms with Crippen LogP contribution in [-0.4, -0.2) is 10.1 Å². The van der Waals surface area contributed by atoms with Crippen molar-refractivity contribution in [2.45, 2.75) is 44.9 Å². The summed E-state index contributed by atoms with van der Waals surface area (Å²) in [5.74, 6) is 1.03. The molecule has 1 aromatic heterocycles. The lowest BCUT2D eigenvalue weighted by Crippen LogP contribution is -2.13. The number of aromatic hydroxyl groups is 1. The molecule has 1 aromatic carbocycles. The molecule has 94 valence electrons. The second-order valence-electron chi connectivity index (χ2n) is 6.32. The van der Waals surface area contributed by atoms with E-state index in [0.29, 0.717) is 11.7 Å². The summed E-state index contributed by atoms with van der Waals surface area (Å²) in [6.07, 6.45) is 4.23. The van der Waals surface area contributed by atoms with Gasteiger partial charge in [0, 0.05) is 11.6 Å². The van der Waals surface area contributed by atoms with Gasteiger partial charge in [0.1, 0.15) is 5.75 Å². The highest BCUT2D eigenvalue weighted by Gasteiger charge is 2.27. The maximum atomic E-state index is 10.0. The zero-order chi connectivity index (χ0) is 12.9. The van der Waals surface area contributed by atoms with E-state index in [0.717, 1.165) is 10.9 Å². The van der Waals surface area contributed by atoms with Gasteiger partial charge in [-0.05, 0) is 47.4 Å². The fraction of sp³-hybridized carbons (Fsp3) is 0.438. The highest BCUT2D eigenvalue weighted by molar-refractivity contribution is 5.88. The first-order valence-electron chi connectivity index (χ1n) is 6.59. The third kappa shape index (κ3) is 1.86. The first-order valence-corrected chi connectivity index (χ1v) is 6.59. The zero-order valence-electron chi connectivity index (χ0n) is 11.2. The number of pyridine rings is 1. The monoisotopic (exact) mass is 241 g/mol. The number of nitrogens with zero attached hydrogens (tertiary/aromatic N) is 1. The van der Waals surface area contributed by atoms with E-state index < -0.39 is 0 Å². The summed E-state index contributed by atoms with van der Waals surface area (Å²) >= 11 is 0. The van der Waals surface area contributed by atoms with Gasteiger partial charge in [-0.2, -0.15) is 0 Å². The van der Waals surface area contributed by atoms with E-state index in [2.05, 4.69) is 37.9 Å². The van der Waals surface area contributed by atoms with Gasteiger partial charge in [-0.1, -0.05) is 26.8 Å². The fourth-order valence-electron chi connectivity index (χ4n) is 2.49. The molecule has 18 heavy (non-hydrogen) atoms. The highest BCUT2D eigenvalue weighted by Crippen LogP contribution is 2.44. The van der Waals surface area contributed by atoms with E-state index in [1.54, 1.807) is 12.3 Å². The Kier molecular flexibility index (Phi) is 2.37. The predicted octanol–water partition coefficient (Wildman–Crippen LogP) is 4.12. The lowest BCUT2D eigenvalue weighted by atomic mass is 9.83. The average Bonchev–Trinajstić information content (AvgIpc) is 3.11. The molecule has 2 heteroatoms. The van der Waals surface area contributed by atoms with Crippen molar-refractivity contribution in [1.29, 1.82) is 0 Å². The standard InChI is InChI=1S/C16H19NO/c1-16(2,3)13-9-11(10-4-5-10)8-12-14(18)6-7-17-15(12)13/h6-10H,4-5H2,1-3H3,(H,17,18). The van der Waals surface area contributed by atoms with E-state index in [9.17, 15) is 5.11 Å². The molecule has 3 rings (SSSR count). The van der Waals surface area contributed by atoms with Gasteiger partial charge in [0.05, 0.1) is 5.52 Å². The Morgan fingerprint density at radius 2 is 1.94 bits per heavy atom. The molecule has 0 saturated heterocycles. The summed E-state index contributed by atoms with van der Waals surface area (Å²) in [5, 5.41) is 10.9. The van der Waals surface area contributed by atoms with Crippen LogP contribution in [0.2, 0.25) is 0 Å². The van der Waals surface area contributed by atoms with Crippen LogP contribution < -0.4 is 0 Å². The molecule has 0 radical (unpaired) electrons. The van der Waals surface area contributed by atoms with E-state index in [1.807, 2.05) is 0 Å². The highest BCUT2D eigenvalue weighted by atomic mass is 16.3. The average molecular weight is 241 g/mol. The molecule has 0 atom stereocenters. The summed E-state index contributed by atoms with van der Waals surface area (Å²) in [5.41, 5.74) is 3.57. The number of benzene rings is 1. The molecule has 2 nitrogen and oxygen atoms in total. The van der Waals surface area contributed by atoms with Crippen molar-refractivity contribution in [3.05, 3.63) is 35.5 Å². The van der Waals surface area contributed by atoms with Crippen molar-refractivity contribution < 1.29 is 5.11 Å². The minimum Gasteiger partial charge on any atom is -0.507 e. The van der Waals surface area contributed by atoms with Gasteiger partial charge in [-0.25, -0.2) is 0 Å². The Morgan fingerprint density at radius 3 is 2.56 bits per heavy atom. The van der Waals surface area contributed by atoms with Crippen LogP contribution in [0.1, 0.15) is 50.7 Å². The Labute approximate surface area is 108 Å². The lowest BCUT2D eigenvalue weighted by molar-refractivity contribution is 0.481. The summed E-state index contributed by atoms with van der Waals surface area (Å²) in [7, 11) is 0. The number of hydrogen-bond donors (Lipinski definition) is 1. The van der Waals surface area contributed by atoms with Crippen LogP contribution in [0.5, 0.6) is 5.75 Å². The predicted molar refractivity (Wildman–Crippen MR) is 74.1 cm³/mol. The third-order valence-corrected chi connectivity index (χ3v) is 3.70. The molecule has 1 aliphatic rings. The second kappa shape index (κ2) is 3.71. The van der Waals surface area contributed by atoms with E-state index in [1.165, 1.54) is 24.0 Å². The van der Waals surface area contributed by atoms with Gasteiger partial charge in [-0.15, -0.1) is 0 Å². The molecule has 2 aromatic rings. The largest absolute Gasteiger partial charge is 0.507 e. The van der Waals surface area contributed by atoms with E-state index >= 15 is 0 Å². The fourth-order valence-corrected chi connectivity index (χ4v) is 2.49. The van der Waals surface area contributed by atoms with E-state index in [4.69, 9.17) is 0 Å². The van der Waals surface area contributed by atoms with Crippen LogP contribution in [0.25, 0.3) is 10.9 Å². The summed E-state index contributed by atoms with van der Waals surface area (Å²) in [6.45, 7) is 6.60. The van der Waals surface area contributed by atoms with Gasteiger partial charge in [0.15, 0.2) is 0 Å². The molecule has 1 fully saturated rings. The molecule has 1 saturated carbocycles. The Hall–Kier alpha value is -1.57. The summed E-state index contributed by atoms with van der Waals surface area (Å²) in [4.78, 5) is 4.47. The summed E-state index contributed by atoms with van der Waals surface area (Å²) in [6, 6.07) is 6.07. The van der Waals surface area contributed by atoms with Crippen molar-refractivity contribution >= 4 is 10.9 Å². The van der Waals surface area contributed by atoms with Crippen LogP contribution in [0.15, 0.2) is 24.4 Å². The number of rotatable bonds is 1. The summed E-state index contributed by atoms with van der Waals surface area (Å²) < 4.78 is 0. The Morgan fingerprint density at radius 1 is 1.22 bits per heavy atom. The van der Waals surface area contributed by atoms with Gasteiger partial charge < -0.3 is 5.11 Å². The number of hydrogen-bond acceptors (Lipinski definition) is 2. The molecule has 0 amide bonds. The maximum absolute atomic E-state index is 10.0. The lowest BCUT2D eigenvalue weighted by Gasteiger charge is -2.22. The van der Waals surface area contributed by atoms with Crippen molar-refractivity contribution in [2.75, 3.05) is 0 Å². The molecule has 0 unspecified atom stereocenters. The third-order valence-electron chi connectivity index (χ3n) is 3.70. The Bertz CT molecular complexity index is 606. The number of fused-ring (bicyclic) bond motifs is 1. The minimum atomic E-state index is 0.0456. The molecule has 0 aliphatic heterocycles. The maximum Gasteiger partial charge on any atom is 0.126 e. The molecule has 0 bridgehead atoms. The first-order chi connectivity index (χ1) is 8.47. The van der Waals surface area contributed by atoms with Gasteiger partial charge >= 0.3 is 0 Å². The van der Waals surface area contributed by atoms with Gasteiger partial charge in [0.25, 0.3) is 0 Å². The minimum absolute atomic E-state index is 0.0456. The first kappa shape index (κ1) is 11.5. The van der Waals surface area contributed by atoms with Crippen LogP contribution in [-0.2, 0) is 5.41 Å². The van der Waals surface area contributed by atoms with Crippen LogP contribution in [0, 0.1) is 0 Å². The second-order valence-corrected chi connectivity index (χ2v) is 6.32. The molecule has 0 spiro atoms. The molecular weight excluding hydrogens is 222 g/mol. The van der Waals surface area contributed by atoms with Crippen molar-refractivity contribution in [1.82, 2.24) is 4.98 Å². The molecule has 1 aliphatic carbocycles. The normalized spacial score (nSPS) is 16.2. The smallest absolute Gasteiger partial charge is 0.126 e. The van der Waals surface area contributed by atoms with Gasteiger partial charge in [0.2, 0.25) is 0 Å². The Balaban J connectivity index is 2.34. The number of aromatic nitrogens is 1. The quantitative estimate of drug-likeness (QED) is 0.814. The zero-order valence-corrected chi connectivity index (χ0v) is 11.2. The van der Waals surface area contributed by atoms with Crippen molar-refractivity contribution in [2.24, 2.45) is 0 Å². The van der Waals surface area contributed by atoms with Crippen molar-refractivity contribution in [3.63, 3.8) is 0 Å². The molecular formula is C16H19NO. The molecule has 1 N–H and O–H groups in total. The van der Waals surface area contributed by atoms with Crippen LogP contribution >= 0.6 is 0 Å².